The van der Waals surface area contributed by atoms with Gasteiger partial charge in [-0.1, -0.05) is 27.4 Å². The van der Waals surface area contributed by atoms with Crippen LogP contribution in [0, 0.1) is 5.92 Å². The van der Waals surface area contributed by atoms with Crippen LogP contribution in [0.2, 0.25) is 0 Å². The van der Waals surface area contributed by atoms with Crippen LogP contribution in [0.15, 0.2) is 17.3 Å². The van der Waals surface area contributed by atoms with E-state index in [1.54, 1.807) is 13.3 Å². The average Bonchev–Trinajstić information content (AvgIpc) is 2.00. The first-order chi connectivity index (χ1) is 5.61. The Labute approximate surface area is 75.3 Å². The van der Waals surface area contributed by atoms with E-state index in [9.17, 15) is 0 Å². The summed E-state index contributed by atoms with van der Waals surface area (Å²) in [5.74, 6) is 1.18. The summed E-state index contributed by atoms with van der Waals surface area (Å²) in [5.41, 5.74) is 0. The number of hydrogen-bond acceptors (Lipinski definition) is 2. The van der Waals surface area contributed by atoms with Crippen molar-refractivity contribution in [2.75, 3.05) is 7.05 Å². The molecular formula is C10H19NO. The summed E-state index contributed by atoms with van der Waals surface area (Å²) in [4.78, 5) is 3.83. The third-order valence-electron chi connectivity index (χ3n) is 1.72. The molecule has 0 amide bonds. The van der Waals surface area contributed by atoms with E-state index in [1.807, 2.05) is 0 Å². The summed E-state index contributed by atoms with van der Waals surface area (Å²) in [6.45, 7) is 10.1. The molecular weight excluding hydrogens is 150 g/mol. The van der Waals surface area contributed by atoms with Gasteiger partial charge >= 0.3 is 0 Å². The number of aliphatic imine (C=N–C) groups is 1. The molecule has 0 spiro atoms. The van der Waals surface area contributed by atoms with Crippen molar-refractivity contribution < 1.29 is 4.74 Å². The maximum atomic E-state index is 5.56. The second-order valence-electron chi connectivity index (χ2n) is 3.16. The standard InChI is InChI=1S/C10H19NO/c1-6-10(8(2)3)12-9(4)7-11-5/h7-8,10H,4,6H2,1-3,5H3/b11-7-. The predicted octanol–water partition coefficient (Wildman–Crippen LogP) is 2.65. The Morgan fingerprint density at radius 3 is 2.50 bits per heavy atom. The molecule has 0 aliphatic carbocycles. The van der Waals surface area contributed by atoms with Crippen LogP contribution in [0.3, 0.4) is 0 Å². The van der Waals surface area contributed by atoms with Gasteiger partial charge in [-0.15, -0.1) is 0 Å². The highest BCUT2D eigenvalue weighted by molar-refractivity contribution is 5.74. The first-order valence-electron chi connectivity index (χ1n) is 4.39. The molecule has 0 saturated carbocycles. The second-order valence-corrected chi connectivity index (χ2v) is 3.16. The summed E-state index contributed by atoms with van der Waals surface area (Å²) < 4.78 is 5.56. The number of ether oxygens (including phenoxy) is 1. The predicted molar refractivity (Wildman–Crippen MR) is 53.6 cm³/mol. The molecule has 0 fully saturated rings. The minimum absolute atomic E-state index is 0.260. The van der Waals surface area contributed by atoms with Crippen LogP contribution in [0.1, 0.15) is 27.2 Å². The molecule has 0 aromatic heterocycles. The van der Waals surface area contributed by atoms with E-state index in [0.29, 0.717) is 11.7 Å². The van der Waals surface area contributed by atoms with Crippen molar-refractivity contribution >= 4 is 6.21 Å². The molecule has 70 valence electrons. The van der Waals surface area contributed by atoms with Crippen molar-refractivity contribution in [1.29, 1.82) is 0 Å². The highest BCUT2D eigenvalue weighted by Crippen LogP contribution is 2.12. The molecule has 0 aromatic rings. The van der Waals surface area contributed by atoms with Crippen LogP contribution in [-0.4, -0.2) is 19.4 Å². The molecule has 0 aromatic carbocycles. The fraction of sp³-hybridized carbons (Fsp3) is 0.700. The molecule has 0 heterocycles. The monoisotopic (exact) mass is 169 g/mol. The maximum Gasteiger partial charge on any atom is 0.130 e. The molecule has 0 radical (unpaired) electrons. The van der Waals surface area contributed by atoms with E-state index in [-0.39, 0.29) is 6.10 Å². The van der Waals surface area contributed by atoms with Crippen molar-refractivity contribution in [3.63, 3.8) is 0 Å². The van der Waals surface area contributed by atoms with Crippen LogP contribution in [-0.2, 0) is 4.74 Å². The molecule has 0 aliphatic rings. The summed E-state index contributed by atoms with van der Waals surface area (Å²) in [6, 6.07) is 0. The van der Waals surface area contributed by atoms with Gasteiger partial charge in [0.1, 0.15) is 11.9 Å². The van der Waals surface area contributed by atoms with Crippen LogP contribution >= 0.6 is 0 Å². The van der Waals surface area contributed by atoms with Gasteiger partial charge in [-0.05, 0) is 12.3 Å². The van der Waals surface area contributed by atoms with E-state index in [1.165, 1.54) is 0 Å². The third kappa shape index (κ3) is 4.16. The van der Waals surface area contributed by atoms with Gasteiger partial charge in [0, 0.05) is 7.05 Å². The zero-order chi connectivity index (χ0) is 9.56. The minimum Gasteiger partial charge on any atom is -0.489 e. The van der Waals surface area contributed by atoms with E-state index < -0.39 is 0 Å². The molecule has 0 aliphatic heterocycles. The molecule has 12 heavy (non-hydrogen) atoms. The molecule has 1 atom stereocenters. The molecule has 0 saturated heterocycles. The normalized spacial score (nSPS) is 13.8. The largest absolute Gasteiger partial charge is 0.489 e. The van der Waals surface area contributed by atoms with Gasteiger partial charge in [0.15, 0.2) is 0 Å². The van der Waals surface area contributed by atoms with Gasteiger partial charge in [0.2, 0.25) is 0 Å². The highest BCUT2D eigenvalue weighted by atomic mass is 16.5. The minimum atomic E-state index is 0.260. The zero-order valence-corrected chi connectivity index (χ0v) is 8.50. The van der Waals surface area contributed by atoms with Crippen LogP contribution in [0.4, 0.5) is 0 Å². The van der Waals surface area contributed by atoms with Crippen LogP contribution in [0.25, 0.3) is 0 Å². The first-order valence-corrected chi connectivity index (χ1v) is 4.39. The third-order valence-corrected chi connectivity index (χ3v) is 1.72. The van der Waals surface area contributed by atoms with Gasteiger partial charge in [-0.25, -0.2) is 0 Å². The van der Waals surface area contributed by atoms with Crippen molar-refractivity contribution in [1.82, 2.24) is 0 Å². The molecule has 0 N–H and O–H groups in total. The van der Waals surface area contributed by atoms with Crippen molar-refractivity contribution in [2.45, 2.75) is 33.3 Å². The van der Waals surface area contributed by atoms with Crippen molar-refractivity contribution in [3.8, 4) is 0 Å². The van der Waals surface area contributed by atoms with E-state index >= 15 is 0 Å². The maximum absolute atomic E-state index is 5.56. The Hall–Kier alpha value is -0.790. The fourth-order valence-corrected chi connectivity index (χ4v) is 1.06. The van der Waals surface area contributed by atoms with Gasteiger partial charge in [-0.2, -0.15) is 0 Å². The van der Waals surface area contributed by atoms with Gasteiger partial charge < -0.3 is 4.74 Å². The number of nitrogens with zero attached hydrogens (tertiary/aromatic N) is 1. The summed E-state index contributed by atoms with van der Waals surface area (Å²) in [5, 5.41) is 0. The SMILES string of the molecule is C=C(/C=N\C)OC(CC)C(C)C. The Bertz CT molecular complexity index is 161. The lowest BCUT2D eigenvalue weighted by molar-refractivity contribution is 0.0873. The molecule has 0 bridgehead atoms. The number of rotatable bonds is 5. The topological polar surface area (TPSA) is 21.6 Å². The molecule has 1 unspecified atom stereocenters. The lowest BCUT2D eigenvalue weighted by Crippen LogP contribution is -2.18. The molecule has 0 rings (SSSR count). The van der Waals surface area contributed by atoms with Crippen LogP contribution in [0.5, 0.6) is 0 Å². The van der Waals surface area contributed by atoms with Gasteiger partial charge in [-0.3, -0.25) is 4.99 Å². The van der Waals surface area contributed by atoms with E-state index in [2.05, 4.69) is 32.3 Å². The fourth-order valence-electron chi connectivity index (χ4n) is 1.06. The number of hydrogen-bond donors (Lipinski definition) is 0. The Morgan fingerprint density at radius 1 is 1.58 bits per heavy atom. The lowest BCUT2D eigenvalue weighted by atomic mass is 10.1. The highest BCUT2D eigenvalue weighted by Gasteiger charge is 2.11. The zero-order valence-electron chi connectivity index (χ0n) is 8.50. The van der Waals surface area contributed by atoms with E-state index in [4.69, 9.17) is 4.74 Å². The van der Waals surface area contributed by atoms with Crippen molar-refractivity contribution in [3.05, 3.63) is 12.3 Å². The number of allylic oxidation sites excluding steroid dienone is 1. The Kier molecular flexibility index (Phi) is 5.43. The summed E-state index contributed by atoms with van der Waals surface area (Å²) >= 11 is 0. The average molecular weight is 169 g/mol. The molecule has 2 nitrogen and oxygen atoms in total. The Morgan fingerprint density at radius 2 is 2.17 bits per heavy atom. The second kappa shape index (κ2) is 5.81. The lowest BCUT2D eigenvalue weighted by Gasteiger charge is -2.20. The van der Waals surface area contributed by atoms with Crippen LogP contribution < -0.4 is 0 Å². The quantitative estimate of drug-likeness (QED) is 0.458. The summed E-state index contributed by atoms with van der Waals surface area (Å²) in [6.07, 6.45) is 2.91. The van der Waals surface area contributed by atoms with E-state index in [0.717, 1.165) is 6.42 Å². The smallest absolute Gasteiger partial charge is 0.130 e. The summed E-state index contributed by atoms with van der Waals surface area (Å²) in [7, 11) is 1.71. The Balaban J connectivity index is 3.94. The first kappa shape index (κ1) is 11.2. The van der Waals surface area contributed by atoms with Gasteiger partial charge in [0.05, 0.1) is 6.21 Å². The van der Waals surface area contributed by atoms with Gasteiger partial charge in [0.25, 0.3) is 0 Å². The van der Waals surface area contributed by atoms with Crippen molar-refractivity contribution in [2.24, 2.45) is 10.9 Å². The molecule has 2 heteroatoms.